The summed E-state index contributed by atoms with van der Waals surface area (Å²) >= 11 is 0. The van der Waals surface area contributed by atoms with Gasteiger partial charge in [0, 0.05) is 106 Å². The van der Waals surface area contributed by atoms with Gasteiger partial charge in [0.2, 0.25) is 0 Å². The molecule has 0 unspecified atom stereocenters. The molecule has 1 aliphatic rings. The van der Waals surface area contributed by atoms with Crippen molar-refractivity contribution in [2.45, 2.75) is 0 Å². The zero-order valence-corrected chi connectivity index (χ0v) is 24.9. The minimum Gasteiger partial charge on any atom is -0.264 e. The number of hydrogen-bond donors (Lipinski definition) is 0. The fourth-order valence-corrected chi connectivity index (χ4v) is 19.8. The van der Waals surface area contributed by atoms with Crippen LogP contribution in [0.3, 0.4) is 0 Å². The average Bonchev–Trinajstić information content (AvgIpc) is 3.10. The lowest BCUT2D eigenvalue weighted by atomic mass is 10.5. The largest absolute Gasteiger partial charge is 0.264 e. The highest BCUT2D eigenvalue weighted by Crippen LogP contribution is 2.75. The molecule has 0 atom stereocenters. The molecule has 0 saturated heterocycles. The molecule has 42 heavy (non-hydrogen) atoms. The van der Waals surface area contributed by atoms with Gasteiger partial charge in [0.15, 0.2) is 0 Å². The number of hydrogen-bond acceptors (Lipinski definition) is 9. The van der Waals surface area contributed by atoms with E-state index in [1.165, 1.54) is 0 Å². The quantitative estimate of drug-likeness (QED) is 0.256. The predicted molar refractivity (Wildman–Crippen MR) is 171 cm³/mol. The van der Waals surface area contributed by atoms with Crippen molar-refractivity contribution in [3.63, 3.8) is 0 Å². The number of rotatable bonds is 6. The van der Waals surface area contributed by atoms with Crippen molar-refractivity contribution in [3.8, 4) is 0 Å². The Morgan fingerprint density at radius 2 is 0.476 bits per heavy atom. The average molecular weight is 604 g/mol. The van der Waals surface area contributed by atoms with Crippen LogP contribution < -0.4 is 31.8 Å². The van der Waals surface area contributed by atoms with Crippen molar-refractivity contribution in [1.82, 2.24) is 29.9 Å². The van der Waals surface area contributed by atoms with Crippen LogP contribution in [0.2, 0.25) is 0 Å². The van der Waals surface area contributed by atoms with Gasteiger partial charge in [0.05, 0.1) is 0 Å². The second-order valence-corrected chi connectivity index (χ2v) is 18.2. The highest BCUT2D eigenvalue weighted by atomic mass is 31.3. The van der Waals surface area contributed by atoms with Crippen LogP contribution in [0.4, 0.5) is 0 Å². The van der Waals surface area contributed by atoms with Gasteiger partial charge >= 0.3 is 0 Å². The van der Waals surface area contributed by atoms with E-state index in [-0.39, 0.29) is 0 Å². The smallest absolute Gasteiger partial charge is 0.141 e. The van der Waals surface area contributed by atoms with Crippen LogP contribution in [0.15, 0.2) is 161 Å². The number of nitrogens with zero attached hydrogens (tertiary/aromatic N) is 9. The third-order valence-corrected chi connectivity index (χ3v) is 18.9. The minimum absolute atomic E-state index is 0.919. The Kier molecular flexibility index (Phi) is 7.01. The molecule has 0 aromatic carbocycles. The SMILES string of the molecule is c1cncc(P2(c3cccnc3)=NP(c3cccnc3)(c3cccnc3)=NP(c3cccnc3)(c3cccnc3)=N2)c1. The van der Waals surface area contributed by atoms with Crippen molar-refractivity contribution in [2.24, 2.45) is 13.5 Å². The van der Waals surface area contributed by atoms with E-state index < -0.39 is 21.6 Å². The molecule has 7 heterocycles. The summed E-state index contributed by atoms with van der Waals surface area (Å²) in [5.41, 5.74) is 0. The van der Waals surface area contributed by atoms with E-state index in [9.17, 15) is 0 Å². The summed E-state index contributed by atoms with van der Waals surface area (Å²) in [5, 5.41) is 5.51. The Balaban J connectivity index is 1.80. The summed E-state index contributed by atoms with van der Waals surface area (Å²) in [7, 11) is -8.94. The zero-order valence-electron chi connectivity index (χ0n) is 22.2. The van der Waals surface area contributed by atoms with Gasteiger partial charge in [-0.2, -0.15) is 0 Å². The predicted octanol–water partition coefficient (Wildman–Crippen LogP) is 4.67. The molecule has 0 N–H and O–H groups in total. The lowest BCUT2D eigenvalue weighted by molar-refractivity contribution is 1.33. The second-order valence-electron chi connectivity index (χ2n) is 9.34. The highest BCUT2D eigenvalue weighted by molar-refractivity contribution is 8.00. The monoisotopic (exact) mass is 603 g/mol. The van der Waals surface area contributed by atoms with Gasteiger partial charge in [-0.05, 0) is 72.8 Å². The molecular weight excluding hydrogens is 579 g/mol. The molecule has 204 valence electrons. The topological polar surface area (TPSA) is 114 Å². The lowest BCUT2D eigenvalue weighted by Crippen LogP contribution is -2.25. The second kappa shape index (κ2) is 11.1. The van der Waals surface area contributed by atoms with Gasteiger partial charge < -0.3 is 0 Å². The number of pyridine rings is 6. The molecule has 0 aliphatic carbocycles. The molecule has 0 amide bonds. The molecule has 6 aromatic heterocycles. The zero-order chi connectivity index (χ0) is 28.3. The molecule has 6 aromatic rings. The van der Waals surface area contributed by atoms with E-state index in [2.05, 4.69) is 66.3 Å². The van der Waals surface area contributed by atoms with Crippen molar-refractivity contribution in [2.75, 3.05) is 0 Å². The highest BCUT2D eigenvalue weighted by Gasteiger charge is 2.43. The molecule has 0 bridgehead atoms. The summed E-state index contributed by atoms with van der Waals surface area (Å²) in [5.74, 6) is 0. The van der Waals surface area contributed by atoms with E-state index in [0.29, 0.717) is 0 Å². The molecule has 12 heteroatoms. The Bertz CT molecular complexity index is 1610. The molecule has 0 radical (unpaired) electrons. The summed E-state index contributed by atoms with van der Waals surface area (Å²) < 4.78 is 17.7. The first-order chi connectivity index (χ1) is 20.8. The summed E-state index contributed by atoms with van der Waals surface area (Å²) in [6, 6.07) is 24.0. The fourth-order valence-electron chi connectivity index (χ4n) is 4.91. The molecule has 7 rings (SSSR count). The lowest BCUT2D eigenvalue weighted by Gasteiger charge is -2.37. The first-order valence-electron chi connectivity index (χ1n) is 13.1. The minimum atomic E-state index is -2.98. The van der Waals surface area contributed by atoms with Crippen LogP contribution in [0.1, 0.15) is 0 Å². The fraction of sp³-hybridized carbons (Fsp3) is 0. The van der Waals surface area contributed by atoms with Crippen LogP contribution in [0.25, 0.3) is 0 Å². The third kappa shape index (κ3) is 4.47. The Labute approximate surface area is 243 Å². The van der Waals surface area contributed by atoms with E-state index in [1.54, 1.807) is 37.2 Å². The number of aromatic nitrogens is 6. The molecule has 0 fully saturated rings. The van der Waals surface area contributed by atoms with Gasteiger partial charge in [0.25, 0.3) is 0 Å². The van der Waals surface area contributed by atoms with E-state index in [0.717, 1.165) is 31.8 Å². The van der Waals surface area contributed by atoms with Crippen molar-refractivity contribution < 1.29 is 0 Å². The van der Waals surface area contributed by atoms with Crippen molar-refractivity contribution in [1.29, 1.82) is 0 Å². The molecule has 0 spiro atoms. The van der Waals surface area contributed by atoms with Crippen molar-refractivity contribution in [3.05, 3.63) is 147 Å². The maximum Gasteiger partial charge on any atom is 0.141 e. The third-order valence-electron chi connectivity index (χ3n) is 6.81. The van der Waals surface area contributed by atoms with Gasteiger partial charge in [0.1, 0.15) is 21.6 Å². The maximum atomic E-state index is 5.89. The molecule has 1 aliphatic heterocycles. The van der Waals surface area contributed by atoms with Crippen LogP contribution in [-0.4, -0.2) is 29.9 Å². The van der Waals surface area contributed by atoms with Gasteiger partial charge in [-0.1, -0.05) is 0 Å². The summed E-state index contributed by atoms with van der Waals surface area (Å²) in [6.07, 6.45) is 21.9. The van der Waals surface area contributed by atoms with Gasteiger partial charge in [-0.15, -0.1) is 0 Å². The summed E-state index contributed by atoms with van der Waals surface area (Å²) in [4.78, 5) is 27.3. The van der Waals surface area contributed by atoms with E-state index in [4.69, 9.17) is 13.5 Å². The molecule has 9 nitrogen and oxygen atoms in total. The Morgan fingerprint density at radius 3 is 0.619 bits per heavy atom. The van der Waals surface area contributed by atoms with Crippen LogP contribution in [0.5, 0.6) is 0 Å². The van der Waals surface area contributed by atoms with Gasteiger partial charge in [-0.3, -0.25) is 29.9 Å². The molecular formula is C30H24N9P3. The van der Waals surface area contributed by atoms with Crippen molar-refractivity contribution >= 4 is 53.4 Å². The Morgan fingerprint density at radius 1 is 0.286 bits per heavy atom. The van der Waals surface area contributed by atoms with Crippen LogP contribution >= 0.6 is 21.6 Å². The normalized spacial score (nSPS) is 16.3. The van der Waals surface area contributed by atoms with Gasteiger partial charge in [-0.25, -0.2) is 13.5 Å². The van der Waals surface area contributed by atoms with E-state index >= 15 is 0 Å². The molecule has 0 saturated carbocycles. The maximum absolute atomic E-state index is 5.89. The van der Waals surface area contributed by atoms with E-state index in [1.807, 2.05) is 73.6 Å². The van der Waals surface area contributed by atoms with Crippen LogP contribution in [0, 0.1) is 0 Å². The first-order valence-corrected chi connectivity index (χ1v) is 18.2. The first kappa shape index (κ1) is 26.5. The standard InChI is InChI=1S/C30H24N9P3/c1-7-25(19-31-13-1)40(26-8-2-14-32-20-26)37-41(27-9-3-15-33-21-27,28-10-4-16-34-22-28)39-42(38-40,29-11-5-17-35-23-29)30-12-6-18-36-24-30/h1-24H. The summed E-state index contributed by atoms with van der Waals surface area (Å²) in [6.45, 7) is 0. The Hall–Kier alpha value is -4.41. The van der Waals surface area contributed by atoms with Crippen LogP contribution in [-0.2, 0) is 0 Å².